The molecule has 20 heavy (non-hydrogen) atoms. The number of nitrogens with zero attached hydrogens (tertiary/aromatic N) is 1. The van der Waals surface area contributed by atoms with Gasteiger partial charge in [0.05, 0.1) is 13.2 Å². The maximum absolute atomic E-state index is 12.1. The summed E-state index contributed by atoms with van der Waals surface area (Å²) in [5, 5.41) is 3.01. The third-order valence-corrected chi connectivity index (χ3v) is 4.02. The van der Waals surface area contributed by atoms with E-state index in [0.29, 0.717) is 5.56 Å². The first-order chi connectivity index (χ1) is 9.72. The second kappa shape index (κ2) is 5.81. The first-order valence-electron chi connectivity index (χ1n) is 7.21. The molecule has 1 amide bonds. The van der Waals surface area contributed by atoms with E-state index in [0.717, 1.165) is 44.8 Å². The fourth-order valence-corrected chi connectivity index (χ4v) is 2.69. The number of nitrogens with two attached hydrogens (primary N) is 1. The molecule has 1 aliphatic carbocycles. The van der Waals surface area contributed by atoms with Crippen LogP contribution in [0.25, 0.3) is 0 Å². The fourth-order valence-electron chi connectivity index (χ4n) is 2.69. The average molecular weight is 275 g/mol. The van der Waals surface area contributed by atoms with Gasteiger partial charge in [-0.05, 0) is 37.1 Å². The number of amides is 1. The molecule has 5 nitrogen and oxygen atoms in total. The summed E-state index contributed by atoms with van der Waals surface area (Å²) < 4.78 is 5.34. The van der Waals surface area contributed by atoms with Crippen molar-refractivity contribution in [3.63, 3.8) is 0 Å². The van der Waals surface area contributed by atoms with Crippen LogP contribution in [0.4, 0.5) is 5.69 Å². The van der Waals surface area contributed by atoms with Gasteiger partial charge in [-0.25, -0.2) is 0 Å². The van der Waals surface area contributed by atoms with Crippen LogP contribution in [-0.4, -0.2) is 44.3 Å². The van der Waals surface area contributed by atoms with Crippen LogP contribution in [0.15, 0.2) is 24.3 Å². The molecule has 0 radical (unpaired) electrons. The van der Waals surface area contributed by atoms with Crippen LogP contribution in [0, 0.1) is 0 Å². The molecule has 108 valence electrons. The van der Waals surface area contributed by atoms with E-state index in [1.807, 2.05) is 24.3 Å². The van der Waals surface area contributed by atoms with E-state index in [-0.39, 0.29) is 18.0 Å². The molecule has 0 atom stereocenters. The van der Waals surface area contributed by atoms with Crippen LogP contribution in [0.3, 0.4) is 0 Å². The Kier molecular flexibility index (Phi) is 3.89. The molecule has 0 bridgehead atoms. The fraction of sp³-hybridized carbons (Fsp3) is 0.533. The molecule has 1 aliphatic heterocycles. The van der Waals surface area contributed by atoms with E-state index in [1.54, 1.807) is 0 Å². The number of anilines is 1. The second-order valence-corrected chi connectivity index (χ2v) is 5.55. The smallest absolute Gasteiger partial charge is 0.251 e. The van der Waals surface area contributed by atoms with Crippen molar-refractivity contribution in [2.24, 2.45) is 5.73 Å². The number of benzene rings is 1. The minimum atomic E-state index is -0.00423. The van der Waals surface area contributed by atoms with Crippen molar-refractivity contribution >= 4 is 11.6 Å². The van der Waals surface area contributed by atoms with Crippen LogP contribution in [0.1, 0.15) is 23.2 Å². The number of nitrogens with one attached hydrogen (secondary N) is 1. The van der Waals surface area contributed by atoms with Crippen molar-refractivity contribution in [3.05, 3.63) is 29.8 Å². The summed E-state index contributed by atoms with van der Waals surface area (Å²) in [6.45, 7) is 3.35. The summed E-state index contributed by atoms with van der Waals surface area (Å²) in [5.41, 5.74) is 7.58. The minimum absolute atomic E-state index is 0.00423. The van der Waals surface area contributed by atoms with Crippen molar-refractivity contribution in [2.45, 2.75) is 24.9 Å². The Hall–Kier alpha value is -1.59. The van der Waals surface area contributed by atoms with Crippen molar-refractivity contribution in [3.8, 4) is 0 Å². The maximum Gasteiger partial charge on any atom is 0.251 e. The number of carbonyl (C=O) groups excluding carboxylic acids is 1. The molecule has 1 aromatic rings. The summed E-state index contributed by atoms with van der Waals surface area (Å²) in [6.07, 6.45) is 1.77. The lowest BCUT2D eigenvalue weighted by Gasteiger charge is -2.33. The Morgan fingerprint density at radius 2 is 1.85 bits per heavy atom. The van der Waals surface area contributed by atoms with Crippen molar-refractivity contribution in [2.75, 3.05) is 31.2 Å². The Morgan fingerprint density at radius 3 is 2.45 bits per heavy atom. The highest BCUT2D eigenvalue weighted by Gasteiger charge is 2.27. The Morgan fingerprint density at radius 1 is 1.20 bits per heavy atom. The molecule has 0 spiro atoms. The lowest BCUT2D eigenvalue weighted by Crippen LogP contribution is -2.50. The predicted octanol–water partition coefficient (Wildman–Crippen LogP) is 0.743. The van der Waals surface area contributed by atoms with Gasteiger partial charge in [0.2, 0.25) is 0 Å². The van der Waals surface area contributed by atoms with E-state index >= 15 is 0 Å². The van der Waals surface area contributed by atoms with Crippen LogP contribution < -0.4 is 16.0 Å². The normalized spacial score (nSPS) is 25.9. The third kappa shape index (κ3) is 2.94. The lowest BCUT2D eigenvalue weighted by molar-refractivity contribution is 0.0910. The Bertz CT molecular complexity index is 463. The lowest BCUT2D eigenvalue weighted by atomic mass is 9.87. The first kappa shape index (κ1) is 13.4. The summed E-state index contributed by atoms with van der Waals surface area (Å²) in [6, 6.07) is 8.29. The van der Waals surface area contributed by atoms with Gasteiger partial charge in [0.25, 0.3) is 5.91 Å². The highest BCUT2D eigenvalue weighted by atomic mass is 16.5. The number of hydrogen-bond acceptors (Lipinski definition) is 4. The summed E-state index contributed by atoms with van der Waals surface area (Å²) in [7, 11) is 0. The largest absolute Gasteiger partial charge is 0.378 e. The highest BCUT2D eigenvalue weighted by Crippen LogP contribution is 2.19. The highest BCUT2D eigenvalue weighted by molar-refractivity contribution is 5.94. The molecule has 2 fully saturated rings. The van der Waals surface area contributed by atoms with Crippen molar-refractivity contribution in [1.82, 2.24) is 5.32 Å². The summed E-state index contributed by atoms with van der Waals surface area (Å²) >= 11 is 0. The van der Waals surface area contributed by atoms with E-state index in [9.17, 15) is 4.79 Å². The Balaban J connectivity index is 1.58. The number of morpholine rings is 1. The molecular formula is C15H21N3O2. The van der Waals surface area contributed by atoms with Crippen LogP contribution >= 0.6 is 0 Å². The zero-order valence-electron chi connectivity index (χ0n) is 11.5. The number of carbonyl (C=O) groups is 1. The Labute approximate surface area is 119 Å². The zero-order chi connectivity index (χ0) is 13.9. The first-order valence-corrected chi connectivity index (χ1v) is 7.21. The molecule has 0 aromatic heterocycles. The van der Waals surface area contributed by atoms with Gasteiger partial charge in [0.15, 0.2) is 0 Å². The summed E-state index contributed by atoms with van der Waals surface area (Å²) in [5.74, 6) is -0.00423. The quantitative estimate of drug-likeness (QED) is 0.854. The molecular weight excluding hydrogens is 254 g/mol. The molecule has 1 aromatic carbocycles. The van der Waals surface area contributed by atoms with Crippen molar-refractivity contribution in [1.29, 1.82) is 0 Å². The maximum atomic E-state index is 12.1. The van der Waals surface area contributed by atoms with Gasteiger partial charge in [-0.2, -0.15) is 0 Å². The van der Waals surface area contributed by atoms with Gasteiger partial charge in [-0.1, -0.05) is 0 Å². The number of rotatable bonds is 3. The zero-order valence-corrected chi connectivity index (χ0v) is 11.5. The standard InChI is InChI=1S/C15H21N3O2/c16-12-9-13(10-12)17-15(19)11-1-3-14(4-2-11)18-5-7-20-8-6-18/h1-4,12-13H,5-10,16H2,(H,17,19). The van der Waals surface area contributed by atoms with E-state index < -0.39 is 0 Å². The molecule has 0 unspecified atom stereocenters. The molecule has 3 rings (SSSR count). The molecule has 1 saturated carbocycles. The van der Waals surface area contributed by atoms with Gasteiger partial charge in [-0.15, -0.1) is 0 Å². The average Bonchev–Trinajstić information content (AvgIpc) is 2.47. The number of ether oxygens (including phenoxy) is 1. The number of hydrogen-bond donors (Lipinski definition) is 2. The van der Waals surface area contributed by atoms with Gasteiger partial charge < -0.3 is 20.7 Å². The van der Waals surface area contributed by atoms with Crippen LogP contribution in [0.2, 0.25) is 0 Å². The van der Waals surface area contributed by atoms with E-state index in [2.05, 4.69) is 10.2 Å². The van der Waals surface area contributed by atoms with Crippen LogP contribution in [0.5, 0.6) is 0 Å². The van der Waals surface area contributed by atoms with Gasteiger partial charge in [0.1, 0.15) is 0 Å². The van der Waals surface area contributed by atoms with Gasteiger partial charge in [0, 0.05) is 36.4 Å². The van der Waals surface area contributed by atoms with Gasteiger partial charge in [-0.3, -0.25) is 4.79 Å². The van der Waals surface area contributed by atoms with Crippen molar-refractivity contribution < 1.29 is 9.53 Å². The third-order valence-electron chi connectivity index (χ3n) is 4.02. The minimum Gasteiger partial charge on any atom is -0.378 e. The second-order valence-electron chi connectivity index (χ2n) is 5.55. The monoisotopic (exact) mass is 275 g/mol. The molecule has 5 heteroatoms. The topological polar surface area (TPSA) is 67.6 Å². The van der Waals surface area contributed by atoms with E-state index in [4.69, 9.17) is 10.5 Å². The molecule has 2 aliphatic rings. The SMILES string of the molecule is NC1CC(NC(=O)c2ccc(N3CCOCC3)cc2)C1. The molecule has 3 N–H and O–H groups in total. The predicted molar refractivity (Wildman–Crippen MR) is 77.9 cm³/mol. The molecule has 1 saturated heterocycles. The van der Waals surface area contributed by atoms with Crippen LogP contribution in [-0.2, 0) is 4.74 Å². The van der Waals surface area contributed by atoms with Gasteiger partial charge >= 0.3 is 0 Å². The van der Waals surface area contributed by atoms with E-state index in [1.165, 1.54) is 0 Å². The summed E-state index contributed by atoms with van der Waals surface area (Å²) in [4.78, 5) is 14.3. The molecule has 1 heterocycles.